The van der Waals surface area contributed by atoms with E-state index in [0.29, 0.717) is 36.2 Å². The third-order valence-corrected chi connectivity index (χ3v) is 4.02. The summed E-state index contributed by atoms with van der Waals surface area (Å²) in [7, 11) is 1.32. The molecule has 2 aliphatic heterocycles. The van der Waals surface area contributed by atoms with Crippen LogP contribution in [0.1, 0.15) is 6.42 Å². The van der Waals surface area contributed by atoms with E-state index in [1.54, 1.807) is 24.3 Å². The molecule has 3 rings (SSSR count). The highest BCUT2D eigenvalue weighted by molar-refractivity contribution is 5.78. The summed E-state index contributed by atoms with van der Waals surface area (Å²) < 4.78 is 10.8. The summed E-state index contributed by atoms with van der Waals surface area (Å²) in [5.74, 6) is 0.174. The normalized spacial score (nSPS) is 23.2. The molecule has 2 N–H and O–H groups in total. The van der Waals surface area contributed by atoms with Gasteiger partial charge in [-0.05, 0) is 30.7 Å². The van der Waals surface area contributed by atoms with Gasteiger partial charge in [-0.2, -0.15) is 0 Å². The number of benzene rings is 1. The van der Waals surface area contributed by atoms with E-state index in [2.05, 4.69) is 10.2 Å². The van der Waals surface area contributed by atoms with E-state index in [4.69, 9.17) is 9.47 Å². The van der Waals surface area contributed by atoms with Crippen molar-refractivity contribution in [3.05, 3.63) is 24.3 Å². The molecule has 0 unspecified atom stereocenters. The Balaban J connectivity index is 1.58. The first kappa shape index (κ1) is 16.5. The van der Waals surface area contributed by atoms with E-state index in [-0.39, 0.29) is 24.7 Å². The number of piperidine rings is 1. The predicted octanol–water partition coefficient (Wildman–Crippen LogP) is 0.532. The third kappa shape index (κ3) is 3.58. The van der Waals surface area contributed by atoms with Gasteiger partial charge in [0.25, 0.3) is 0 Å². The van der Waals surface area contributed by atoms with Gasteiger partial charge >= 0.3 is 6.09 Å². The first-order valence-electron chi connectivity index (χ1n) is 7.57. The van der Waals surface area contributed by atoms with Crippen molar-refractivity contribution in [2.24, 2.45) is 0 Å². The van der Waals surface area contributed by atoms with Gasteiger partial charge in [0.15, 0.2) is 0 Å². The van der Waals surface area contributed by atoms with E-state index < -0.39 is 6.09 Å². The van der Waals surface area contributed by atoms with Crippen LogP contribution in [0.2, 0.25) is 0 Å². The lowest BCUT2D eigenvalue weighted by Crippen LogP contribution is -2.61. The van der Waals surface area contributed by atoms with E-state index in [1.165, 1.54) is 12.0 Å². The first-order chi connectivity index (χ1) is 11.6. The van der Waals surface area contributed by atoms with Crippen LogP contribution in [-0.2, 0) is 14.4 Å². The van der Waals surface area contributed by atoms with Crippen molar-refractivity contribution in [1.29, 1.82) is 0 Å². The van der Waals surface area contributed by atoms with Crippen LogP contribution in [0.5, 0.6) is 5.75 Å². The highest BCUT2D eigenvalue weighted by Gasteiger charge is 2.36. The predicted molar refractivity (Wildman–Crippen MR) is 81.6 cm³/mol. The Morgan fingerprint density at radius 3 is 2.88 bits per heavy atom. The molecule has 2 atom stereocenters. The van der Waals surface area contributed by atoms with Crippen molar-refractivity contribution in [3.63, 3.8) is 0 Å². The van der Waals surface area contributed by atoms with Crippen molar-refractivity contribution >= 4 is 17.7 Å². The smallest absolute Gasteiger partial charge is 0.410 e. The average molecular weight is 337 g/mol. The molecule has 9 nitrogen and oxygen atoms in total. The fourth-order valence-corrected chi connectivity index (χ4v) is 2.78. The number of rotatable bonds is 3. The standard InChI is InChI=1S/C15H19N3O6/c1-22-18(21)10-2-4-11(5-3-10)24-15(20)17-7-6-13-12(8-17)16-14(19)9-23-13/h2-5,12-13,21H,6-9H2,1H3,(H,16,19)/t12-,13+/m1/s1. The number of carbonyl (C=O) groups is 2. The second kappa shape index (κ2) is 7.04. The van der Waals surface area contributed by atoms with Crippen LogP contribution in [0.15, 0.2) is 24.3 Å². The minimum absolute atomic E-state index is 0.0596. The van der Waals surface area contributed by atoms with Crippen LogP contribution in [0.3, 0.4) is 0 Å². The fraction of sp³-hybridized carbons (Fsp3) is 0.467. The van der Waals surface area contributed by atoms with Gasteiger partial charge < -0.3 is 19.7 Å². The molecule has 1 aromatic rings. The summed E-state index contributed by atoms with van der Waals surface area (Å²) in [5.41, 5.74) is 0.403. The quantitative estimate of drug-likeness (QED) is 0.776. The Morgan fingerprint density at radius 2 is 2.17 bits per heavy atom. The second-order valence-electron chi connectivity index (χ2n) is 5.58. The van der Waals surface area contributed by atoms with Crippen LogP contribution in [0.4, 0.5) is 10.5 Å². The Labute approximate surface area is 138 Å². The highest BCUT2D eigenvalue weighted by Crippen LogP contribution is 2.21. The number of amides is 2. The van der Waals surface area contributed by atoms with Crippen molar-refractivity contribution in [3.8, 4) is 5.75 Å². The molecule has 2 fully saturated rings. The highest BCUT2D eigenvalue weighted by atomic mass is 16.9. The molecular weight excluding hydrogens is 318 g/mol. The van der Waals surface area contributed by atoms with Gasteiger partial charge in [-0.25, -0.2) is 4.79 Å². The average Bonchev–Trinajstić information content (AvgIpc) is 2.61. The molecule has 2 aliphatic rings. The molecule has 130 valence electrons. The molecule has 0 saturated carbocycles. The molecule has 0 spiro atoms. The number of hydrogen-bond acceptors (Lipinski definition) is 7. The number of ether oxygens (including phenoxy) is 2. The van der Waals surface area contributed by atoms with Crippen LogP contribution in [-0.4, -0.2) is 61.1 Å². The zero-order valence-electron chi connectivity index (χ0n) is 13.2. The van der Waals surface area contributed by atoms with Crippen LogP contribution < -0.4 is 15.3 Å². The lowest BCUT2D eigenvalue weighted by molar-refractivity contribution is -0.139. The molecular formula is C15H19N3O6. The molecule has 2 saturated heterocycles. The second-order valence-corrected chi connectivity index (χ2v) is 5.58. The van der Waals surface area contributed by atoms with Gasteiger partial charge in [-0.3, -0.25) is 14.8 Å². The van der Waals surface area contributed by atoms with E-state index in [0.717, 1.165) is 0 Å². The Kier molecular flexibility index (Phi) is 4.84. The van der Waals surface area contributed by atoms with E-state index >= 15 is 0 Å². The number of anilines is 1. The molecule has 0 radical (unpaired) electrons. The number of carbonyl (C=O) groups excluding carboxylic acids is 2. The largest absolute Gasteiger partial charge is 0.415 e. The van der Waals surface area contributed by atoms with Crippen LogP contribution in [0, 0.1) is 0 Å². The molecule has 0 bridgehead atoms. The summed E-state index contributed by atoms with van der Waals surface area (Å²) in [6.07, 6.45) is 0.0935. The number of hydrogen-bond donors (Lipinski definition) is 2. The topological polar surface area (TPSA) is 101 Å². The SMILES string of the molecule is CON(O)c1ccc(OC(=O)N2CC[C@@H]3OCC(=O)N[C@@H]3C2)cc1. The zero-order valence-corrected chi connectivity index (χ0v) is 13.2. The number of nitrogens with zero attached hydrogens (tertiary/aromatic N) is 2. The maximum absolute atomic E-state index is 12.3. The molecule has 2 amide bonds. The molecule has 1 aromatic carbocycles. The van der Waals surface area contributed by atoms with Crippen LogP contribution in [0.25, 0.3) is 0 Å². The Bertz CT molecular complexity index is 608. The minimum atomic E-state index is -0.492. The summed E-state index contributed by atoms with van der Waals surface area (Å²) in [5, 5.41) is 12.8. The fourth-order valence-electron chi connectivity index (χ4n) is 2.78. The van der Waals surface area contributed by atoms with Crippen molar-refractivity contribution < 1.29 is 29.1 Å². The maximum Gasteiger partial charge on any atom is 0.415 e. The Morgan fingerprint density at radius 1 is 1.42 bits per heavy atom. The van der Waals surface area contributed by atoms with Gasteiger partial charge in [0, 0.05) is 13.1 Å². The van der Waals surface area contributed by atoms with Gasteiger partial charge in [0.2, 0.25) is 5.91 Å². The van der Waals surface area contributed by atoms with Crippen LogP contribution >= 0.6 is 0 Å². The van der Waals surface area contributed by atoms with Gasteiger partial charge in [-0.1, -0.05) is 0 Å². The first-order valence-corrected chi connectivity index (χ1v) is 7.57. The zero-order chi connectivity index (χ0) is 17.1. The number of morpholine rings is 1. The lowest BCUT2D eigenvalue weighted by atomic mass is 10.0. The van der Waals surface area contributed by atoms with Gasteiger partial charge in [0.1, 0.15) is 12.4 Å². The third-order valence-electron chi connectivity index (χ3n) is 4.02. The monoisotopic (exact) mass is 337 g/mol. The summed E-state index contributed by atoms with van der Waals surface area (Å²) in [6.45, 7) is 0.921. The molecule has 24 heavy (non-hydrogen) atoms. The number of fused-ring (bicyclic) bond motifs is 1. The summed E-state index contributed by atoms with van der Waals surface area (Å²) in [6, 6.07) is 5.99. The van der Waals surface area contributed by atoms with Gasteiger partial charge in [0.05, 0.1) is 24.9 Å². The van der Waals surface area contributed by atoms with Crippen molar-refractivity contribution in [1.82, 2.24) is 10.2 Å². The Hall–Kier alpha value is -2.36. The minimum Gasteiger partial charge on any atom is -0.410 e. The molecule has 2 heterocycles. The number of nitrogens with one attached hydrogen (secondary N) is 1. The number of likely N-dealkylation sites (tertiary alicyclic amines) is 1. The molecule has 9 heteroatoms. The lowest BCUT2D eigenvalue weighted by Gasteiger charge is -2.40. The summed E-state index contributed by atoms with van der Waals surface area (Å²) in [4.78, 5) is 29.8. The molecule has 0 aromatic heterocycles. The van der Waals surface area contributed by atoms with Crippen molar-refractivity contribution in [2.45, 2.75) is 18.6 Å². The van der Waals surface area contributed by atoms with E-state index in [1.807, 2.05) is 0 Å². The maximum atomic E-state index is 12.3. The summed E-state index contributed by atoms with van der Waals surface area (Å²) >= 11 is 0. The van der Waals surface area contributed by atoms with E-state index in [9.17, 15) is 14.8 Å². The molecule has 0 aliphatic carbocycles. The van der Waals surface area contributed by atoms with Gasteiger partial charge in [-0.15, -0.1) is 5.23 Å². The van der Waals surface area contributed by atoms with Crippen molar-refractivity contribution in [2.75, 3.05) is 32.0 Å².